The van der Waals surface area contributed by atoms with Gasteiger partial charge in [0.1, 0.15) is 0 Å². The van der Waals surface area contributed by atoms with Gasteiger partial charge in [0.15, 0.2) is 0 Å². The van der Waals surface area contributed by atoms with Gasteiger partial charge in [-0.05, 0) is 42.5 Å². The van der Waals surface area contributed by atoms with Crippen molar-refractivity contribution < 1.29 is 0 Å². The molecule has 2 aliphatic heterocycles. The smallest absolute Gasteiger partial charge is 0.0625 e. The number of rotatable bonds is 3. The molecule has 2 aromatic rings. The lowest BCUT2D eigenvalue weighted by molar-refractivity contribution is 0.0287. The highest BCUT2D eigenvalue weighted by Crippen LogP contribution is 2.27. The van der Waals surface area contributed by atoms with E-state index in [0.717, 1.165) is 6.54 Å². The average molecular weight is 292 g/mol. The lowest BCUT2D eigenvalue weighted by Crippen LogP contribution is -2.49. The minimum absolute atomic E-state index is 0.697. The van der Waals surface area contributed by atoms with E-state index < -0.39 is 0 Å². The van der Waals surface area contributed by atoms with E-state index in [1.165, 1.54) is 55.6 Å². The summed E-state index contributed by atoms with van der Waals surface area (Å²) in [6, 6.07) is 19.8. The molecule has 2 fully saturated rings. The summed E-state index contributed by atoms with van der Waals surface area (Å²) in [5.74, 6) is 0. The van der Waals surface area contributed by atoms with Crippen LogP contribution in [-0.4, -0.2) is 35.6 Å². The Kier molecular flexibility index (Phi) is 3.96. The van der Waals surface area contributed by atoms with Gasteiger partial charge in [-0.2, -0.15) is 0 Å². The van der Waals surface area contributed by atoms with E-state index in [1.54, 1.807) is 0 Å². The Bertz CT molecular complexity index is 605. The number of hydrogen-bond acceptors (Lipinski definition) is 2. The molecule has 114 valence electrons. The molecule has 0 aromatic heterocycles. The molecule has 0 amide bonds. The van der Waals surface area contributed by atoms with Gasteiger partial charge in [-0.15, -0.1) is 0 Å². The van der Waals surface area contributed by atoms with Gasteiger partial charge in [0.25, 0.3) is 0 Å². The lowest BCUT2D eigenvalue weighted by Gasteiger charge is -2.40. The van der Waals surface area contributed by atoms with Gasteiger partial charge in [-0.25, -0.2) is 0 Å². The Morgan fingerprint density at radius 3 is 2.32 bits per heavy atom. The number of hydrogen-bond donors (Lipinski definition) is 0. The van der Waals surface area contributed by atoms with Crippen LogP contribution < -0.4 is 0 Å². The predicted octanol–water partition coefficient (Wildman–Crippen LogP) is 3.98. The Morgan fingerprint density at radius 1 is 0.773 bits per heavy atom. The molecule has 0 radical (unpaired) electrons. The van der Waals surface area contributed by atoms with Gasteiger partial charge >= 0.3 is 0 Å². The van der Waals surface area contributed by atoms with Crippen LogP contribution in [0.5, 0.6) is 0 Å². The first-order valence-electron chi connectivity index (χ1n) is 8.53. The van der Waals surface area contributed by atoms with Crippen molar-refractivity contribution in [2.75, 3.05) is 19.6 Å². The topological polar surface area (TPSA) is 6.48 Å². The van der Waals surface area contributed by atoms with Crippen LogP contribution in [0.25, 0.3) is 11.1 Å². The van der Waals surface area contributed by atoms with Crippen molar-refractivity contribution in [2.45, 2.75) is 32.0 Å². The first-order chi connectivity index (χ1) is 10.9. The van der Waals surface area contributed by atoms with Gasteiger partial charge in [-0.3, -0.25) is 9.80 Å². The zero-order valence-electron chi connectivity index (χ0n) is 13.1. The fourth-order valence-corrected chi connectivity index (χ4v) is 3.96. The summed E-state index contributed by atoms with van der Waals surface area (Å²) >= 11 is 0. The maximum Gasteiger partial charge on any atom is 0.0625 e. The van der Waals surface area contributed by atoms with Crippen molar-refractivity contribution in [1.29, 1.82) is 0 Å². The fourth-order valence-electron chi connectivity index (χ4n) is 3.96. The quantitative estimate of drug-likeness (QED) is 0.844. The van der Waals surface area contributed by atoms with Gasteiger partial charge in [0.05, 0.1) is 6.17 Å². The minimum atomic E-state index is 0.697. The van der Waals surface area contributed by atoms with Gasteiger partial charge in [0.2, 0.25) is 0 Å². The van der Waals surface area contributed by atoms with Crippen LogP contribution in [0.4, 0.5) is 0 Å². The number of nitrogens with zero attached hydrogens (tertiary/aromatic N) is 2. The highest BCUT2D eigenvalue weighted by atomic mass is 15.4. The highest BCUT2D eigenvalue weighted by Gasteiger charge is 2.32. The Morgan fingerprint density at radius 2 is 1.50 bits per heavy atom. The predicted molar refractivity (Wildman–Crippen MR) is 91.5 cm³/mol. The van der Waals surface area contributed by atoms with E-state index in [1.807, 2.05) is 0 Å². The molecule has 0 saturated carbocycles. The van der Waals surface area contributed by atoms with E-state index >= 15 is 0 Å². The lowest BCUT2D eigenvalue weighted by atomic mass is 10.0. The van der Waals surface area contributed by atoms with Crippen LogP contribution in [0.2, 0.25) is 0 Å². The molecule has 0 aliphatic carbocycles. The van der Waals surface area contributed by atoms with Crippen molar-refractivity contribution in [3.8, 4) is 11.1 Å². The van der Waals surface area contributed by atoms with Gasteiger partial charge < -0.3 is 0 Å². The third-order valence-corrected chi connectivity index (χ3v) is 5.09. The molecule has 2 heterocycles. The molecule has 4 rings (SSSR count). The number of benzene rings is 2. The summed E-state index contributed by atoms with van der Waals surface area (Å²) < 4.78 is 0. The van der Waals surface area contributed by atoms with Crippen LogP contribution in [0.15, 0.2) is 54.6 Å². The van der Waals surface area contributed by atoms with Crippen LogP contribution in [-0.2, 0) is 6.54 Å². The SMILES string of the molecule is c1ccc(-c2ccc(CN3CCCN4CCCC43)cc2)cc1. The van der Waals surface area contributed by atoms with Crippen molar-refractivity contribution in [2.24, 2.45) is 0 Å². The Hall–Kier alpha value is -1.64. The Labute approximate surface area is 133 Å². The second-order valence-corrected chi connectivity index (χ2v) is 6.55. The van der Waals surface area contributed by atoms with E-state index in [2.05, 4.69) is 64.4 Å². The van der Waals surface area contributed by atoms with Crippen LogP contribution in [0, 0.1) is 0 Å². The molecule has 0 N–H and O–H groups in total. The zero-order valence-corrected chi connectivity index (χ0v) is 13.1. The third-order valence-electron chi connectivity index (χ3n) is 5.09. The molecule has 2 aliphatic rings. The van der Waals surface area contributed by atoms with Crippen LogP contribution in [0.3, 0.4) is 0 Å². The van der Waals surface area contributed by atoms with E-state index in [4.69, 9.17) is 0 Å². The molecule has 22 heavy (non-hydrogen) atoms. The molecule has 2 nitrogen and oxygen atoms in total. The van der Waals surface area contributed by atoms with E-state index in [9.17, 15) is 0 Å². The summed E-state index contributed by atoms with van der Waals surface area (Å²) in [4.78, 5) is 5.34. The highest BCUT2D eigenvalue weighted by molar-refractivity contribution is 5.63. The van der Waals surface area contributed by atoms with Crippen molar-refractivity contribution in [3.63, 3.8) is 0 Å². The average Bonchev–Trinajstić information content (AvgIpc) is 3.06. The molecular formula is C20H24N2. The minimum Gasteiger partial charge on any atom is -0.288 e. The molecule has 0 bridgehead atoms. The summed E-state index contributed by atoms with van der Waals surface area (Å²) in [5.41, 5.74) is 4.05. The zero-order chi connectivity index (χ0) is 14.8. The molecule has 2 aromatic carbocycles. The first kappa shape index (κ1) is 14.0. The van der Waals surface area contributed by atoms with Gasteiger partial charge in [-0.1, -0.05) is 54.6 Å². The normalized spacial score (nSPS) is 22.6. The van der Waals surface area contributed by atoms with E-state index in [0.29, 0.717) is 6.17 Å². The molecule has 1 atom stereocenters. The Balaban J connectivity index is 1.47. The summed E-state index contributed by atoms with van der Waals surface area (Å²) in [7, 11) is 0. The number of fused-ring (bicyclic) bond motifs is 1. The molecule has 1 unspecified atom stereocenters. The van der Waals surface area contributed by atoms with Crippen LogP contribution in [0.1, 0.15) is 24.8 Å². The maximum absolute atomic E-state index is 2.67. The monoisotopic (exact) mass is 292 g/mol. The summed E-state index contributed by atoms with van der Waals surface area (Å²) in [6.07, 6.45) is 4.73. The van der Waals surface area contributed by atoms with Crippen LogP contribution >= 0.6 is 0 Å². The molecule has 2 saturated heterocycles. The largest absolute Gasteiger partial charge is 0.288 e. The third kappa shape index (κ3) is 2.81. The second-order valence-electron chi connectivity index (χ2n) is 6.55. The van der Waals surface area contributed by atoms with Crippen molar-refractivity contribution in [3.05, 3.63) is 60.2 Å². The first-order valence-corrected chi connectivity index (χ1v) is 8.53. The summed E-state index contributed by atoms with van der Waals surface area (Å²) in [6.45, 7) is 4.94. The van der Waals surface area contributed by atoms with E-state index in [-0.39, 0.29) is 0 Å². The van der Waals surface area contributed by atoms with Crippen molar-refractivity contribution >= 4 is 0 Å². The standard InChI is InChI=1S/C20H24N2/c1-2-6-18(7-3-1)19-11-9-17(10-12-19)16-22-15-5-14-21-13-4-8-20(21)22/h1-3,6-7,9-12,20H,4-5,8,13-16H2. The summed E-state index contributed by atoms with van der Waals surface area (Å²) in [5, 5.41) is 0. The van der Waals surface area contributed by atoms with Crippen molar-refractivity contribution in [1.82, 2.24) is 9.80 Å². The molecular weight excluding hydrogens is 268 g/mol. The molecule has 0 spiro atoms. The second kappa shape index (κ2) is 6.23. The molecule has 2 heteroatoms. The fraction of sp³-hybridized carbons (Fsp3) is 0.400. The van der Waals surface area contributed by atoms with Gasteiger partial charge in [0, 0.05) is 19.6 Å². The maximum atomic E-state index is 2.67.